The topological polar surface area (TPSA) is 114 Å². The summed E-state index contributed by atoms with van der Waals surface area (Å²) in [7, 11) is -3.17. The van der Waals surface area contributed by atoms with Crippen molar-refractivity contribution in [3.05, 3.63) is 24.3 Å². The summed E-state index contributed by atoms with van der Waals surface area (Å²) in [4.78, 5) is 30.3. The van der Waals surface area contributed by atoms with Gasteiger partial charge in [0.2, 0.25) is 0 Å². The second-order valence-corrected chi connectivity index (χ2v) is 12.4. The lowest BCUT2D eigenvalue weighted by molar-refractivity contribution is -0.117. The summed E-state index contributed by atoms with van der Waals surface area (Å²) < 4.78 is 35.4. The molecule has 2 saturated heterocycles. The van der Waals surface area contributed by atoms with Gasteiger partial charge in [-0.25, -0.2) is 13.2 Å². The van der Waals surface area contributed by atoms with Gasteiger partial charge >= 0.3 is 6.09 Å². The van der Waals surface area contributed by atoms with E-state index in [2.05, 4.69) is 17.2 Å². The number of aliphatic imine (C=N–C) groups is 1. The van der Waals surface area contributed by atoms with E-state index in [0.717, 1.165) is 12.8 Å². The number of carbonyl (C=O) groups is 2. The number of rotatable bonds is 7. The number of alkyl carbamates (subject to hydrolysis) is 1. The van der Waals surface area contributed by atoms with Crippen molar-refractivity contribution in [3.63, 3.8) is 0 Å². The number of amides is 2. The second-order valence-electron chi connectivity index (χ2n) is 9.01. The number of hydrogen-bond acceptors (Lipinski definition) is 7. The predicted molar refractivity (Wildman–Crippen MR) is 130 cm³/mol. The number of fused-ring (bicyclic) bond motifs is 1. The lowest BCUT2D eigenvalue weighted by Crippen LogP contribution is -2.38. The van der Waals surface area contributed by atoms with Crippen molar-refractivity contribution < 1.29 is 27.5 Å². The number of sulfone groups is 1. The first-order chi connectivity index (χ1) is 15.5. The van der Waals surface area contributed by atoms with Crippen LogP contribution in [0.3, 0.4) is 0 Å². The van der Waals surface area contributed by atoms with E-state index < -0.39 is 27.4 Å². The van der Waals surface area contributed by atoms with E-state index in [1.807, 2.05) is 24.3 Å². The van der Waals surface area contributed by atoms with Crippen LogP contribution in [0.25, 0.3) is 0 Å². The van der Waals surface area contributed by atoms with Crippen molar-refractivity contribution in [2.75, 3.05) is 29.6 Å². The van der Waals surface area contributed by atoms with Crippen molar-refractivity contribution in [1.29, 1.82) is 0 Å². The Bertz CT molecular complexity index is 1020. The Kier molecular flexibility index (Phi) is 7.94. The molecule has 0 radical (unpaired) electrons. The molecule has 1 aromatic rings. The lowest BCUT2D eigenvalue weighted by atomic mass is 10.2. The van der Waals surface area contributed by atoms with Crippen LogP contribution < -0.4 is 15.0 Å². The molecule has 2 fully saturated rings. The second kappa shape index (κ2) is 10.3. The largest absolute Gasteiger partial charge is 0.494 e. The monoisotopic (exact) mass is 497 g/mol. The minimum atomic E-state index is -3.17. The van der Waals surface area contributed by atoms with Gasteiger partial charge in [-0.3, -0.25) is 4.79 Å². The Morgan fingerprint density at radius 1 is 1.27 bits per heavy atom. The van der Waals surface area contributed by atoms with Gasteiger partial charge in [-0.15, -0.1) is 0 Å². The maximum Gasteiger partial charge on any atom is 0.408 e. The van der Waals surface area contributed by atoms with E-state index >= 15 is 0 Å². The molecule has 182 valence electrons. The molecule has 9 nitrogen and oxygen atoms in total. The first kappa shape index (κ1) is 25.4. The van der Waals surface area contributed by atoms with Gasteiger partial charge in [-0.1, -0.05) is 31.2 Å². The molecule has 3 rings (SSSR count). The highest BCUT2D eigenvalue weighted by Crippen LogP contribution is 2.41. The number of ether oxygens (including phenoxy) is 2. The minimum Gasteiger partial charge on any atom is -0.494 e. The Morgan fingerprint density at radius 3 is 2.73 bits per heavy atom. The molecule has 0 aliphatic carbocycles. The molecule has 2 unspecified atom stereocenters. The predicted octanol–water partition coefficient (Wildman–Crippen LogP) is 2.99. The summed E-state index contributed by atoms with van der Waals surface area (Å²) >= 11 is 1.28. The third-order valence-electron chi connectivity index (χ3n) is 4.93. The first-order valence-electron chi connectivity index (χ1n) is 10.9. The van der Waals surface area contributed by atoms with Gasteiger partial charge in [-0.05, 0) is 39.3 Å². The molecular weight excluding hydrogens is 466 g/mol. The Hall–Kier alpha value is -2.27. The average molecular weight is 498 g/mol. The highest BCUT2D eigenvalue weighted by atomic mass is 32.2. The van der Waals surface area contributed by atoms with Crippen LogP contribution in [0.2, 0.25) is 0 Å². The first-order valence-corrected chi connectivity index (χ1v) is 13.6. The number of benzene rings is 1. The van der Waals surface area contributed by atoms with Gasteiger partial charge < -0.3 is 19.7 Å². The zero-order valence-corrected chi connectivity index (χ0v) is 21.0. The van der Waals surface area contributed by atoms with Crippen LogP contribution in [0, 0.1) is 0 Å². The molecule has 2 aliphatic heterocycles. The van der Waals surface area contributed by atoms with Crippen molar-refractivity contribution >= 4 is 44.5 Å². The summed E-state index contributed by atoms with van der Waals surface area (Å²) in [5, 5.41) is 2.61. The SMILES string of the molecule is CCCCOc1cccc(N2C(=NC(=O)CNC(=O)OC(C)(C)C)SC3CS(=O)(=O)CC32)c1. The number of hydrogen-bond donors (Lipinski definition) is 1. The molecule has 2 amide bonds. The van der Waals surface area contributed by atoms with Gasteiger partial charge in [-0.2, -0.15) is 4.99 Å². The third kappa shape index (κ3) is 7.10. The molecule has 2 heterocycles. The van der Waals surface area contributed by atoms with Crippen LogP contribution in [0.1, 0.15) is 40.5 Å². The zero-order chi connectivity index (χ0) is 24.2. The Labute approximate surface area is 199 Å². The van der Waals surface area contributed by atoms with Crippen LogP contribution in [0.15, 0.2) is 29.3 Å². The molecule has 1 aromatic carbocycles. The van der Waals surface area contributed by atoms with Gasteiger partial charge in [0.25, 0.3) is 5.91 Å². The summed E-state index contributed by atoms with van der Waals surface area (Å²) in [5.41, 5.74) is 0.0392. The van der Waals surface area contributed by atoms with Crippen molar-refractivity contribution in [2.45, 2.75) is 57.4 Å². The molecule has 0 aromatic heterocycles. The minimum absolute atomic E-state index is 0.00500. The van der Waals surface area contributed by atoms with Gasteiger partial charge in [0.15, 0.2) is 15.0 Å². The molecular formula is C22H31N3O6S2. The van der Waals surface area contributed by atoms with E-state index in [4.69, 9.17) is 9.47 Å². The van der Waals surface area contributed by atoms with Crippen molar-refractivity contribution in [3.8, 4) is 5.75 Å². The van der Waals surface area contributed by atoms with Crippen molar-refractivity contribution in [2.24, 2.45) is 4.99 Å². The standard InChI is InChI=1S/C22H31N3O6S2/c1-5-6-10-30-16-9-7-8-15(11-16)25-17-13-33(28,29)14-18(17)32-20(25)24-19(26)12-23-21(27)31-22(2,3)4/h7-9,11,17-18H,5-6,10,12-14H2,1-4H3,(H,23,27). The van der Waals surface area contributed by atoms with Gasteiger partial charge in [0.1, 0.15) is 17.9 Å². The van der Waals surface area contributed by atoms with Gasteiger partial charge in [0, 0.05) is 17.0 Å². The van der Waals surface area contributed by atoms with E-state index in [1.54, 1.807) is 25.7 Å². The summed E-state index contributed by atoms with van der Waals surface area (Å²) in [6.45, 7) is 7.54. The number of nitrogens with zero attached hydrogens (tertiary/aromatic N) is 2. The smallest absolute Gasteiger partial charge is 0.408 e. The molecule has 0 saturated carbocycles. The highest BCUT2D eigenvalue weighted by molar-refractivity contribution is 8.16. The number of anilines is 1. The zero-order valence-electron chi connectivity index (χ0n) is 19.4. The third-order valence-corrected chi connectivity index (χ3v) is 8.14. The maximum atomic E-state index is 12.5. The molecule has 11 heteroatoms. The molecule has 0 spiro atoms. The van der Waals surface area contributed by atoms with Crippen LogP contribution in [0.5, 0.6) is 5.75 Å². The number of thioether (sulfide) groups is 1. The molecule has 2 aliphatic rings. The van der Waals surface area contributed by atoms with E-state index in [1.165, 1.54) is 11.8 Å². The number of carbonyl (C=O) groups excluding carboxylic acids is 2. The number of amidine groups is 1. The number of nitrogens with one attached hydrogen (secondary N) is 1. The fourth-order valence-electron chi connectivity index (χ4n) is 3.53. The molecule has 1 N–H and O–H groups in total. The van der Waals surface area contributed by atoms with Gasteiger partial charge in [0.05, 0.1) is 24.2 Å². The summed E-state index contributed by atoms with van der Waals surface area (Å²) in [6.07, 6.45) is 1.24. The summed E-state index contributed by atoms with van der Waals surface area (Å²) in [6, 6.07) is 7.04. The van der Waals surface area contributed by atoms with Crippen LogP contribution in [-0.2, 0) is 19.4 Å². The normalized spacial score (nSPS) is 22.8. The van der Waals surface area contributed by atoms with E-state index in [0.29, 0.717) is 23.2 Å². The maximum absolute atomic E-state index is 12.5. The molecule has 33 heavy (non-hydrogen) atoms. The van der Waals surface area contributed by atoms with E-state index in [9.17, 15) is 18.0 Å². The lowest BCUT2D eigenvalue weighted by Gasteiger charge is -2.25. The Morgan fingerprint density at radius 2 is 2.03 bits per heavy atom. The van der Waals surface area contributed by atoms with Crippen molar-refractivity contribution in [1.82, 2.24) is 5.32 Å². The van der Waals surface area contributed by atoms with Crippen LogP contribution >= 0.6 is 11.8 Å². The highest BCUT2D eigenvalue weighted by Gasteiger charge is 2.49. The molecule has 2 atom stereocenters. The van der Waals surface area contributed by atoms with Crippen LogP contribution in [0.4, 0.5) is 10.5 Å². The fourth-order valence-corrected chi connectivity index (χ4v) is 7.46. The quantitative estimate of drug-likeness (QED) is 0.572. The summed E-state index contributed by atoms with van der Waals surface area (Å²) in [5.74, 6) is 0.156. The van der Waals surface area contributed by atoms with Crippen LogP contribution in [-0.4, -0.2) is 67.1 Å². The average Bonchev–Trinajstić information content (AvgIpc) is 3.16. The molecule has 0 bridgehead atoms. The number of unbranched alkanes of at least 4 members (excludes halogenated alkanes) is 1. The fraction of sp³-hybridized carbons (Fsp3) is 0.591. The Balaban J connectivity index is 1.78. The van der Waals surface area contributed by atoms with E-state index in [-0.39, 0.29) is 29.3 Å².